The van der Waals surface area contributed by atoms with Crippen molar-refractivity contribution in [3.05, 3.63) is 71.8 Å². The number of amides is 3. The molecule has 0 spiro atoms. The Morgan fingerprint density at radius 1 is 0.951 bits per heavy atom. The first-order valence-electron chi connectivity index (χ1n) is 13.8. The number of hydrogen-bond donors (Lipinski definition) is 0. The summed E-state index contributed by atoms with van der Waals surface area (Å²) in [5.41, 5.74) is 3.93. The molecule has 41 heavy (non-hydrogen) atoms. The predicted octanol–water partition coefficient (Wildman–Crippen LogP) is 6.01. The van der Waals surface area contributed by atoms with E-state index in [4.69, 9.17) is 14.5 Å². The molecule has 1 aliphatic heterocycles. The van der Waals surface area contributed by atoms with Gasteiger partial charge in [0, 0.05) is 17.2 Å². The highest BCUT2D eigenvalue weighted by molar-refractivity contribution is 7.21. The van der Waals surface area contributed by atoms with Crippen LogP contribution in [0.25, 0.3) is 20.8 Å². The standard InChI is InChI=1S/C32H31N3O5S/c1-19-8-14-24-28(16-19)41-30(33-24)20-9-12-23(13-10-20)35-29(36)18-25(32(35)38)34(22-6-4-5-7-22)31(37)21-11-15-26(39-2)27(17-21)40-3/h8-17,22,25H,4-7,18H2,1-3H3. The highest BCUT2D eigenvalue weighted by atomic mass is 32.1. The van der Waals surface area contributed by atoms with Crippen molar-refractivity contribution in [1.29, 1.82) is 0 Å². The number of hydrogen-bond acceptors (Lipinski definition) is 7. The number of thiazole rings is 1. The summed E-state index contributed by atoms with van der Waals surface area (Å²) < 4.78 is 11.8. The van der Waals surface area contributed by atoms with E-state index in [1.807, 2.05) is 24.3 Å². The van der Waals surface area contributed by atoms with Crippen molar-refractivity contribution in [2.75, 3.05) is 19.1 Å². The zero-order valence-electron chi connectivity index (χ0n) is 23.3. The van der Waals surface area contributed by atoms with Crippen LogP contribution in [0.5, 0.6) is 11.5 Å². The molecule has 1 saturated carbocycles. The normalized spacial score (nSPS) is 17.4. The molecule has 0 N–H and O–H groups in total. The zero-order valence-corrected chi connectivity index (χ0v) is 24.1. The lowest BCUT2D eigenvalue weighted by atomic mass is 10.1. The van der Waals surface area contributed by atoms with Gasteiger partial charge in [-0.05, 0) is 79.9 Å². The fraction of sp³-hybridized carbons (Fsp3) is 0.312. The highest BCUT2D eigenvalue weighted by Gasteiger charge is 2.47. The average Bonchev–Trinajstić information content (AvgIpc) is 3.72. The van der Waals surface area contributed by atoms with E-state index in [1.165, 1.54) is 24.7 Å². The number of methoxy groups -OCH3 is 2. The Bertz CT molecular complexity index is 1640. The molecule has 1 atom stereocenters. The average molecular weight is 570 g/mol. The second kappa shape index (κ2) is 11.0. The van der Waals surface area contributed by atoms with Gasteiger partial charge in [-0.3, -0.25) is 14.4 Å². The Morgan fingerprint density at radius 2 is 1.68 bits per heavy atom. The highest BCUT2D eigenvalue weighted by Crippen LogP contribution is 2.36. The van der Waals surface area contributed by atoms with Gasteiger partial charge < -0.3 is 14.4 Å². The van der Waals surface area contributed by atoms with E-state index in [0.717, 1.165) is 46.5 Å². The number of carbonyl (C=O) groups is 3. The Hall–Kier alpha value is -4.24. The molecular formula is C32H31N3O5S. The molecule has 3 aromatic carbocycles. The summed E-state index contributed by atoms with van der Waals surface area (Å²) in [4.78, 5) is 48.6. The molecule has 6 rings (SSSR count). The number of ether oxygens (including phenoxy) is 2. The molecule has 0 bridgehead atoms. The van der Waals surface area contributed by atoms with Gasteiger partial charge in [0.1, 0.15) is 11.0 Å². The summed E-state index contributed by atoms with van der Waals surface area (Å²) in [5.74, 6) is -0.0276. The quantitative estimate of drug-likeness (QED) is 0.254. The van der Waals surface area contributed by atoms with Gasteiger partial charge >= 0.3 is 0 Å². The third-order valence-electron chi connectivity index (χ3n) is 7.96. The van der Waals surface area contributed by atoms with Crippen LogP contribution in [0.4, 0.5) is 5.69 Å². The molecule has 2 heterocycles. The van der Waals surface area contributed by atoms with Crippen LogP contribution in [0.15, 0.2) is 60.7 Å². The molecule has 1 saturated heterocycles. The molecule has 1 unspecified atom stereocenters. The predicted molar refractivity (Wildman–Crippen MR) is 159 cm³/mol. The van der Waals surface area contributed by atoms with Gasteiger partial charge in [0.05, 0.1) is 36.5 Å². The number of benzene rings is 3. The maximum absolute atomic E-state index is 13.9. The van der Waals surface area contributed by atoms with E-state index in [9.17, 15) is 14.4 Å². The third kappa shape index (κ3) is 4.95. The second-order valence-electron chi connectivity index (χ2n) is 10.5. The van der Waals surface area contributed by atoms with E-state index in [1.54, 1.807) is 46.6 Å². The number of aryl methyl sites for hydroxylation is 1. The number of anilines is 1. The van der Waals surface area contributed by atoms with Gasteiger partial charge in [0.2, 0.25) is 5.91 Å². The first-order chi connectivity index (χ1) is 19.9. The Balaban J connectivity index is 1.28. The first kappa shape index (κ1) is 27.0. The van der Waals surface area contributed by atoms with Gasteiger partial charge in [0.15, 0.2) is 11.5 Å². The fourth-order valence-electron chi connectivity index (χ4n) is 5.88. The first-order valence-corrected chi connectivity index (χ1v) is 14.6. The van der Waals surface area contributed by atoms with Crippen LogP contribution in [-0.4, -0.2) is 53.9 Å². The van der Waals surface area contributed by atoms with E-state index in [2.05, 4.69) is 13.0 Å². The molecule has 2 fully saturated rings. The lowest BCUT2D eigenvalue weighted by Crippen LogP contribution is -2.50. The van der Waals surface area contributed by atoms with Crippen molar-refractivity contribution >= 4 is 45.0 Å². The maximum Gasteiger partial charge on any atom is 0.257 e. The fourth-order valence-corrected chi connectivity index (χ4v) is 6.94. The van der Waals surface area contributed by atoms with Crippen LogP contribution in [0, 0.1) is 6.92 Å². The minimum atomic E-state index is -0.863. The van der Waals surface area contributed by atoms with Crippen molar-refractivity contribution in [3.8, 4) is 22.1 Å². The number of aromatic nitrogens is 1. The summed E-state index contributed by atoms with van der Waals surface area (Å²) in [6.07, 6.45) is 3.51. The van der Waals surface area contributed by atoms with Crippen LogP contribution in [0.3, 0.4) is 0 Å². The SMILES string of the molecule is COc1ccc(C(=O)N(C2CCCC2)C2CC(=O)N(c3ccc(-c4nc5ccc(C)cc5s4)cc3)C2=O)cc1OC. The Labute approximate surface area is 242 Å². The van der Waals surface area contributed by atoms with Crippen molar-refractivity contribution in [2.45, 2.75) is 51.1 Å². The van der Waals surface area contributed by atoms with Gasteiger partial charge in [-0.1, -0.05) is 18.9 Å². The van der Waals surface area contributed by atoms with E-state index in [0.29, 0.717) is 22.7 Å². The number of nitrogens with zero attached hydrogens (tertiary/aromatic N) is 3. The molecular weight excluding hydrogens is 538 g/mol. The lowest BCUT2D eigenvalue weighted by molar-refractivity contribution is -0.123. The summed E-state index contributed by atoms with van der Waals surface area (Å²) in [5, 5.41) is 0.877. The zero-order chi connectivity index (χ0) is 28.7. The number of carbonyl (C=O) groups excluding carboxylic acids is 3. The van der Waals surface area contributed by atoms with Gasteiger partial charge in [0.25, 0.3) is 11.8 Å². The van der Waals surface area contributed by atoms with E-state index in [-0.39, 0.29) is 30.2 Å². The van der Waals surface area contributed by atoms with Gasteiger partial charge in [-0.2, -0.15) is 0 Å². The van der Waals surface area contributed by atoms with Crippen LogP contribution in [-0.2, 0) is 9.59 Å². The maximum atomic E-state index is 13.9. The summed E-state index contributed by atoms with van der Waals surface area (Å²) in [6.45, 7) is 2.06. The van der Waals surface area contributed by atoms with Crippen molar-refractivity contribution < 1.29 is 23.9 Å². The van der Waals surface area contributed by atoms with Crippen LogP contribution >= 0.6 is 11.3 Å². The largest absolute Gasteiger partial charge is 0.493 e. The third-order valence-corrected chi connectivity index (χ3v) is 9.03. The van der Waals surface area contributed by atoms with E-state index >= 15 is 0 Å². The number of fused-ring (bicyclic) bond motifs is 1. The van der Waals surface area contributed by atoms with Crippen LogP contribution in [0.1, 0.15) is 48.0 Å². The minimum absolute atomic E-state index is 0.0483. The van der Waals surface area contributed by atoms with Crippen molar-refractivity contribution in [2.24, 2.45) is 0 Å². The van der Waals surface area contributed by atoms with Crippen molar-refractivity contribution in [3.63, 3.8) is 0 Å². The lowest BCUT2D eigenvalue weighted by Gasteiger charge is -2.33. The molecule has 1 aromatic heterocycles. The summed E-state index contributed by atoms with van der Waals surface area (Å²) >= 11 is 1.61. The summed E-state index contributed by atoms with van der Waals surface area (Å²) in [7, 11) is 3.05. The molecule has 9 heteroatoms. The summed E-state index contributed by atoms with van der Waals surface area (Å²) in [6, 6.07) is 17.5. The molecule has 0 radical (unpaired) electrons. The van der Waals surface area contributed by atoms with Crippen LogP contribution in [0.2, 0.25) is 0 Å². The van der Waals surface area contributed by atoms with Crippen LogP contribution < -0.4 is 14.4 Å². The second-order valence-corrected chi connectivity index (χ2v) is 11.6. The molecule has 4 aromatic rings. The van der Waals surface area contributed by atoms with Crippen molar-refractivity contribution in [1.82, 2.24) is 9.88 Å². The topological polar surface area (TPSA) is 89.0 Å². The molecule has 2 aliphatic rings. The van der Waals surface area contributed by atoms with Gasteiger partial charge in [-0.15, -0.1) is 11.3 Å². The van der Waals surface area contributed by atoms with Gasteiger partial charge in [-0.25, -0.2) is 9.88 Å². The number of imide groups is 1. The molecule has 3 amide bonds. The minimum Gasteiger partial charge on any atom is -0.493 e. The molecule has 1 aliphatic carbocycles. The molecule has 8 nitrogen and oxygen atoms in total. The Kier molecular flexibility index (Phi) is 7.21. The number of rotatable bonds is 7. The molecule has 210 valence electrons. The smallest absolute Gasteiger partial charge is 0.257 e. The monoisotopic (exact) mass is 569 g/mol. The van der Waals surface area contributed by atoms with E-state index < -0.39 is 6.04 Å². The Morgan fingerprint density at radius 3 is 2.39 bits per heavy atom.